The van der Waals surface area contributed by atoms with Crippen molar-refractivity contribution in [1.82, 2.24) is 10.9 Å². The largest absolute Gasteiger partial charge is 0.506 e. The van der Waals surface area contributed by atoms with Crippen LogP contribution in [0, 0.1) is 7.14 Å². The van der Waals surface area contributed by atoms with Gasteiger partial charge in [-0.3, -0.25) is 0 Å². The Hall–Kier alpha value is -0.930. The Morgan fingerprint density at radius 3 is 1.65 bits per heavy atom. The molecule has 136 valence electrons. The molecule has 0 atom stereocenters. The number of hydrazone groups is 2. The Morgan fingerprint density at radius 2 is 1.27 bits per heavy atom. The second-order valence-corrected chi connectivity index (χ2v) is 8.88. The van der Waals surface area contributed by atoms with Gasteiger partial charge < -0.3 is 10.2 Å². The van der Waals surface area contributed by atoms with Gasteiger partial charge in [0.2, 0.25) is 0 Å². The number of phenolic OH excluding ortho intramolecular Hbond substituents is 2. The van der Waals surface area contributed by atoms with E-state index in [4.69, 9.17) is 0 Å². The average Bonchev–Trinajstić information content (AvgIpc) is 2.56. The summed E-state index contributed by atoms with van der Waals surface area (Å²) in [5.41, 5.74) is 5.34. The first kappa shape index (κ1) is 21.4. The molecule has 7 nitrogen and oxygen atoms in total. The Bertz CT molecular complexity index is 835. The molecule has 0 spiro atoms. The van der Waals surface area contributed by atoms with Crippen molar-refractivity contribution in [1.29, 1.82) is 0 Å². The smallest absolute Gasteiger partial charge is 0.355 e. The Labute approximate surface area is 192 Å². The molecule has 0 aliphatic rings. The molecular weight excluding hydrogens is 698 g/mol. The lowest BCUT2D eigenvalue weighted by Crippen LogP contribution is -2.28. The van der Waals surface area contributed by atoms with Crippen molar-refractivity contribution in [2.75, 3.05) is 0 Å². The van der Waals surface area contributed by atoms with E-state index in [-0.39, 0.29) is 11.5 Å². The summed E-state index contributed by atoms with van der Waals surface area (Å²) in [6, 6.07) is 6.15. The lowest BCUT2D eigenvalue weighted by Gasteiger charge is -2.04. The molecule has 0 bridgehead atoms. The van der Waals surface area contributed by atoms with Crippen molar-refractivity contribution in [3.8, 4) is 11.5 Å². The van der Waals surface area contributed by atoms with Crippen LogP contribution in [0.15, 0.2) is 43.4 Å². The highest BCUT2D eigenvalue weighted by Gasteiger charge is 2.06. The number of phenols is 2. The summed E-state index contributed by atoms with van der Waals surface area (Å²) in [6.07, 6.45) is 2.63. The Balaban J connectivity index is 1.96. The van der Waals surface area contributed by atoms with E-state index >= 15 is 0 Å². The number of rotatable bonds is 4. The van der Waals surface area contributed by atoms with Crippen molar-refractivity contribution in [3.05, 3.63) is 51.5 Å². The standard InChI is InChI=1S/C15H10Br2I2N4O3/c16-9-1-7(13(24)11(18)3-9)5-20-22-15(26)23-21-6-8-2-10(17)4-12(19)14(8)25/h1-6,24-25H,(H2,22,23,26). The summed E-state index contributed by atoms with van der Waals surface area (Å²) in [4.78, 5) is 11.7. The second-order valence-electron chi connectivity index (χ2n) is 4.72. The van der Waals surface area contributed by atoms with Gasteiger partial charge in [-0.1, -0.05) is 31.9 Å². The molecular formula is C15H10Br2I2N4O3. The molecule has 2 rings (SSSR count). The lowest BCUT2D eigenvalue weighted by atomic mass is 10.2. The molecule has 26 heavy (non-hydrogen) atoms. The minimum absolute atomic E-state index is 0.0671. The summed E-state index contributed by atoms with van der Waals surface area (Å²) < 4.78 is 2.85. The van der Waals surface area contributed by atoms with E-state index < -0.39 is 6.03 Å². The first-order valence-electron chi connectivity index (χ1n) is 6.76. The van der Waals surface area contributed by atoms with Gasteiger partial charge in [0.1, 0.15) is 11.5 Å². The van der Waals surface area contributed by atoms with Crippen LogP contribution in [0.4, 0.5) is 4.79 Å². The van der Waals surface area contributed by atoms with Gasteiger partial charge in [0.05, 0.1) is 19.6 Å². The van der Waals surface area contributed by atoms with Crippen LogP contribution in [0.3, 0.4) is 0 Å². The molecule has 0 radical (unpaired) electrons. The highest BCUT2D eigenvalue weighted by molar-refractivity contribution is 14.1. The van der Waals surface area contributed by atoms with Crippen LogP contribution in [0.5, 0.6) is 11.5 Å². The van der Waals surface area contributed by atoms with Gasteiger partial charge in [-0.05, 0) is 69.4 Å². The molecule has 2 aromatic rings. The van der Waals surface area contributed by atoms with E-state index in [2.05, 4.69) is 52.9 Å². The van der Waals surface area contributed by atoms with Crippen LogP contribution in [-0.4, -0.2) is 28.7 Å². The highest BCUT2D eigenvalue weighted by Crippen LogP contribution is 2.28. The number of nitrogens with zero attached hydrogens (tertiary/aromatic N) is 2. The zero-order valence-electron chi connectivity index (χ0n) is 12.7. The fourth-order valence-corrected chi connectivity index (χ4v) is 4.82. The molecule has 0 saturated carbocycles. The number of halogens is 4. The van der Waals surface area contributed by atoms with E-state index in [1.165, 1.54) is 12.4 Å². The maximum Gasteiger partial charge on any atom is 0.355 e. The van der Waals surface area contributed by atoms with Crippen molar-refractivity contribution >= 4 is 95.5 Å². The van der Waals surface area contributed by atoms with E-state index in [1.807, 2.05) is 45.2 Å². The second kappa shape index (κ2) is 9.85. The minimum atomic E-state index is -0.675. The zero-order chi connectivity index (χ0) is 19.3. The number of benzene rings is 2. The van der Waals surface area contributed by atoms with Crippen molar-refractivity contribution in [3.63, 3.8) is 0 Å². The number of aromatic hydroxyl groups is 2. The van der Waals surface area contributed by atoms with Crippen LogP contribution < -0.4 is 10.9 Å². The SMILES string of the molecule is O=C(NN=Cc1cc(Br)cc(I)c1O)NN=Cc1cc(Br)cc(I)c1O. The third-order valence-corrected chi connectivity index (χ3v) is 5.42. The van der Waals surface area contributed by atoms with Crippen LogP contribution in [-0.2, 0) is 0 Å². The minimum Gasteiger partial charge on any atom is -0.506 e. The molecule has 0 fully saturated rings. The molecule has 2 amide bonds. The van der Waals surface area contributed by atoms with E-state index in [0.29, 0.717) is 18.3 Å². The summed E-state index contributed by atoms with van der Waals surface area (Å²) >= 11 is 10.6. The summed E-state index contributed by atoms with van der Waals surface area (Å²) in [5, 5.41) is 27.4. The first-order valence-corrected chi connectivity index (χ1v) is 10.5. The van der Waals surface area contributed by atoms with E-state index in [1.54, 1.807) is 24.3 Å². The quantitative estimate of drug-likeness (QED) is 0.214. The van der Waals surface area contributed by atoms with Gasteiger partial charge in [-0.2, -0.15) is 10.2 Å². The van der Waals surface area contributed by atoms with Gasteiger partial charge >= 0.3 is 6.03 Å². The number of urea groups is 1. The van der Waals surface area contributed by atoms with Gasteiger partial charge in [0, 0.05) is 20.1 Å². The zero-order valence-corrected chi connectivity index (χ0v) is 20.2. The molecule has 0 aliphatic heterocycles. The van der Waals surface area contributed by atoms with Crippen LogP contribution in [0.25, 0.3) is 0 Å². The third kappa shape index (κ3) is 6.06. The normalized spacial score (nSPS) is 11.2. The Kier molecular flexibility index (Phi) is 8.09. The molecule has 0 unspecified atom stereocenters. The third-order valence-electron chi connectivity index (χ3n) is 2.85. The summed E-state index contributed by atoms with van der Waals surface area (Å²) in [7, 11) is 0. The first-order chi connectivity index (χ1) is 12.3. The van der Waals surface area contributed by atoms with Gasteiger partial charge in [0.15, 0.2) is 0 Å². The number of carbonyl (C=O) groups excluding carboxylic acids is 1. The monoisotopic (exact) mass is 706 g/mol. The molecule has 0 aromatic heterocycles. The molecule has 0 saturated heterocycles. The average molecular weight is 708 g/mol. The van der Waals surface area contributed by atoms with Gasteiger partial charge in [-0.25, -0.2) is 15.6 Å². The molecule has 2 aromatic carbocycles. The molecule has 11 heteroatoms. The number of nitrogens with one attached hydrogen (secondary N) is 2. The number of hydrogen-bond donors (Lipinski definition) is 4. The van der Waals surface area contributed by atoms with Crippen LogP contribution in [0.1, 0.15) is 11.1 Å². The van der Waals surface area contributed by atoms with E-state index in [0.717, 1.165) is 8.95 Å². The summed E-state index contributed by atoms with van der Waals surface area (Å²) in [6.45, 7) is 0. The number of hydrogen-bond acceptors (Lipinski definition) is 5. The predicted octanol–water partition coefficient (Wildman–Crippen LogP) is 4.50. The van der Waals surface area contributed by atoms with Gasteiger partial charge in [0.25, 0.3) is 0 Å². The van der Waals surface area contributed by atoms with Crippen molar-refractivity contribution in [2.24, 2.45) is 10.2 Å². The van der Waals surface area contributed by atoms with Crippen LogP contribution in [0.2, 0.25) is 0 Å². The maximum absolute atomic E-state index is 11.7. The predicted molar refractivity (Wildman–Crippen MR) is 124 cm³/mol. The fraction of sp³-hybridized carbons (Fsp3) is 0. The molecule has 0 aliphatic carbocycles. The lowest BCUT2D eigenvalue weighted by molar-refractivity contribution is 0.242. The molecule has 4 N–H and O–H groups in total. The number of amides is 2. The van der Waals surface area contributed by atoms with E-state index in [9.17, 15) is 15.0 Å². The Morgan fingerprint density at radius 1 is 0.885 bits per heavy atom. The topological polar surface area (TPSA) is 106 Å². The van der Waals surface area contributed by atoms with Gasteiger partial charge in [-0.15, -0.1) is 0 Å². The molecule has 0 heterocycles. The van der Waals surface area contributed by atoms with Crippen LogP contribution >= 0.6 is 77.0 Å². The maximum atomic E-state index is 11.7. The highest BCUT2D eigenvalue weighted by atomic mass is 127. The number of carbonyl (C=O) groups is 1. The van der Waals surface area contributed by atoms with Crippen molar-refractivity contribution in [2.45, 2.75) is 0 Å². The summed E-state index contributed by atoms with van der Waals surface area (Å²) in [5.74, 6) is 0.134. The fourth-order valence-electron chi connectivity index (χ4n) is 1.71. The van der Waals surface area contributed by atoms with Crippen molar-refractivity contribution < 1.29 is 15.0 Å².